The lowest BCUT2D eigenvalue weighted by atomic mass is 10.2. The summed E-state index contributed by atoms with van der Waals surface area (Å²) in [7, 11) is 1.60. The third kappa shape index (κ3) is 3.91. The van der Waals surface area contributed by atoms with Crippen LogP contribution in [0.25, 0.3) is 0 Å². The van der Waals surface area contributed by atoms with Gasteiger partial charge in [0.1, 0.15) is 11.5 Å². The summed E-state index contributed by atoms with van der Waals surface area (Å²) in [5.41, 5.74) is 3.61. The van der Waals surface area contributed by atoms with Gasteiger partial charge in [0.25, 0.3) is 5.69 Å². The number of methoxy groups -OCH3 is 1. The minimum absolute atomic E-state index is 0.103. The maximum absolute atomic E-state index is 10.9. The first-order valence-electron chi connectivity index (χ1n) is 6.14. The molecule has 21 heavy (non-hydrogen) atoms. The zero-order chi connectivity index (χ0) is 15.2. The molecule has 110 valence electrons. The van der Waals surface area contributed by atoms with Crippen LogP contribution in [-0.2, 0) is 11.3 Å². The van der Waals surface area contributed by atoms with Crippen molar-refractivity contribution in [1.82, 2.24) is 0 Å². The van der Waals surface area contributed by atoms with E-state index < -0.39 is 4.92 Å². The Morgan fingerprint density at radius 3 is 2.71 bits per heavy atom. The van der Waals surface area contributed by atoms with E-state index in [0.29, 0.717) is 23.8 Å². The number of nitrogens with two attached hydrogens (primary N) is 1. The third-order valence-corrected chi connectivity index (χ3v) is 2.71. The van der Waals surface area contributed by atoms with Crippen LogP contribution in [0.15, 0.2) is 42.5 Å². The van der Waals surface area contributed by atoms with Crippen LogP contribution in [0.5, 0.6) is 11.5 Å². The molecule has 3 N–H and O–H groups in total. The van der Waals surface area contributed by atoms with Crippen LogP contribution >= 0.6 is 0 Å². The van der Waals surface area contributed by atoms with Crippen molar-refractivity contribution < 1.29 is 14.4 Å². The van der Waals surface area contributed by atoms with Crippen LogP contribution < -0.4 is 16.0 Å². The second kappa shape index (κ2) is 6.69. The Morgan fingerprint density at radius 2 is 2.05 bits per heavy atom. The highest BCUT2D eigenvalue weighted by Crippen LogP contribution is 2.29. The summed E-state index contributed by atoms with van der Waals surface area (Å²) in [4.78, 5) is 10.4. The largest absolute Gasteiger partial charge is 0.457 e. The van der Waals surface area contributed by atoms with Gasteiger partial charge in [-0.05, 0) is 17.7 Å². The van der Waals surface area contributed by atoms with Crippen molar-refractivity contribution in [2.24, 2.45) is 5.84 Å². The number of ether oxygens (including phenoxy) is 2. The molecule has 0 atom stereocenters. The highest BCUT2D eigenvalue weighted by molar-refractivity contribution is 5.56. The molecule has 0 radical (unpaired) electrons. The Kier molecular flexibility index (Phi) is 4.70. The normalized spacial score (nSPS) is 10.2. The number of hydrogen-bond donors (Lipinski definition) is 2. The fraction of sp³-hybridized carbons (Fsp3) is 0.143. The van der Waals surface area contributed by atoms with E-state index in [0.717, 1.165) is 5.56 Å². The summed E-state index contributed by atoms with van der Waals surface area (Å²) < 4.78 is 10.7. The summed E-state index contributed by atoms with van der Waals surface area (Å²) in [6.45, 7) is 0.460. The summed E-state index contributed by atoms with van der Waals surface area (Å²) in [6, 6.07) is 11.5. The first kappa shape index (κ1) is 14.8. The van der Waals surface area contributed by atoms with Gasteiger partial charge in [-0.2, -0.15) is 0 Å². The highest BCUT2D eigenvalue weighted by Gasteiger charge is 2.11. The standard InChI is InChI=1S/C14H15N3O4/c1-20-9-10-3-2-4-13(5-10)21-14-7-11(16-15)6-12(8-14)17(18)19/h2-8,16H,9,15H2,1H3. The molecular weight excluding hydrogens is 274 g/mol. The number of anilines is 1. The van der Waals surface area contributed by atoms with Crippen molar-refractivity contribution in [2.45, 2.75) is 6.61 Å². The van der Waals surface area contributed by atoms with Crippen molar-refractivity contribution >= 4 is 11.4 Å². The molecule has 0 saturated heterocycles. The Bertz CT molecular complexity index is 646. The Labute approximate surface area is 121 Å². The van der Waals surface area contributed by atoms with Crippen molar-refractivity contribution in [3.05, 3.63) is 58.1 Å². The molecule has 0 aliphatic heterocycles. The van der Waals surface area contributed by atoms with Crippen LogP contribution in [0, 0.1) is 10.1 Å². The van der Waals surface area contributed by atoms with Gasteiger partial charge in [0, 0.05) is 19.2 Å². The van der Waals surface area contributed by atoms with E-state index in [-0.39, 0.29) is 5.69 Å². The minimum Gasteiger partial charge on any atom is -0.457 e. The maximum Gasteiger partial charge on any atom is 0.275 e. The summed E-state index contributed by atoms with van der Waals surface area (Å²) in [6.07, 6.45) is 0. The summed E-state index contributed by atoms with van der Waals surface area (Å²) in [5, 5.41) is 10.9. The molecule has 0 saturated carbocycles. The van der Waals surface area contributed by atoms with E-state index in [1.54, 1.807) is 25.3 Å². The number of nitro benzene ring substituents is 1. The Balaban J connectivity index is 2.28. The van der Waals surface area contributed by atoms with E-state index in [9.17, 15) is 10.1 Å². The predicted octanol–water partition coefficient (Wildman–Crippen LogP) is 2.82. The van der Waals surface area contributed by atoms with Gasteiger partial charge >= 0.3 is 0 Å². The number of hydrogen-bond acceptors (Lipinski definition) is 6. The van der Waals surface area contributed by atoms with Crippen LogP contribution in [0.4, 0.5) is 11.4 Å². The zero-order valence-corrected chi connectivity index (χ0v) is 11.4. The molecule has 0 unspecified atom stereocenters. The van der Waals surface area contributed by atoms with E-state index in [2.05, 4.69) is 5.43 Å². The predicted molar refractivity (Wildman–Crippen MR) is 78.1 cm³/mol. The van der Waals surface area contributed by atoms with E-state index >= 15 is 0 Å². The van der Waals surface area contributed by atoms with E-state index in [4.69, 9.17) is 15.3 Å². The summed E-state index contributed by atoms with van der Waals surface area (Å²) >= 11 is 0. The molecule has 0 spiro atoms. The fourth-order valence-corrected chi connectivity index (χ4v) is 1.83. The van der Waals surface area contributed by atoms with Gasteiger partial charge in [0.2, 0.25) is 0 Å². The SMILES string of the molecule is COCc1cccc(Oc2cc(NN)cc([N+](=O)[O-])c2)c1. The van der Waals surface area contributed by atoms with Crippen LogP contribution in [0.3, 0.4) is 0 Å². The van der Waals surface area contributed by atoms with Crippen molar-refractivity contribution in [1.29, 1.82) is 0 Å². The molecular formula is C14H15N3O4. The average Bonchev–Trinajstić information content (AvgIpc) is 2.47. The number of hydrazine groups is 1. The third-order valence-electron chi connectivity index (χ3n) is 2.71. The van der Waals surface area contributed by atoms with E-state index in [1.165, 1.54) is 12.1 Å². The Hall–Kier alpha value is -2.64. The van der Waals surface area contributed by atoms with Gasteiger partial charge in [-0.25, -0.2) is 0 Å². The number of nitrogen functional groups attached to an aromatic ring is 1. The van der Waals surface area contributed by atoms with E-state index in [1.807, 2.05) is 12.1 Å². The lowest BCUT2D eigenvalue weighted by Crippen LogP contribution is -2.07. The number of rotatable bonds is 6. The molecule has 2 rings (SSSR count). The first-order chi connectivity index (χ1) is 10.1. The molecule has 2 aromatic rings. The molecule has 0 bridgehead atoms. The van der Waals surface area contributed by atoms with Crippen LogP contribution in [-0.4, -0.2) is 12.0 Å². The molecule has 0 aliphatic rings. The monoisotopic (exact) mass is 289 g/mol. The Morgan fingerprint density at radius 1 is 1.24 bits per heavy atom. The zero-order valence-electron chi connectivity index (χ0n) is 11.4. The molecule has 0 fully saturated rings. The van der Waals surface area contributed by atoms with Crippen LogP contribution in [0.2, 0.25) is 0 Å². The number of benzene rings is 2. The molecule has 0 amide bonds. The van der Waals surface area contributed by atoms with Gasteiger partial charge in [-0.15, -0.1) is 0 Å². The van der Waals surface area contributed by atoms with Gasteiger partial charge in [-0.1, -0.05) is 12.1 Å². The number of nitrogens with one attached hydrogen (secondary N) is 1. The maximum atomic E-state index is 10.9. The fourth-order valence-electron chi connectivity index (χ4n) is 1.83. The lowest BCUT2D eigenvalue weighted by Gasteiger charge is -2.09. The molecule has 7 heteroatoms. The second-order valence-electron chi connectivity index (χ2n) is 4.30. The number of nitrogens with zero attached hydrogens (tertiary/aromatic N) is 1. The lowest BCUT2D eigenvalue weighted by molar-refractivity contribution is -0.384. The molecule has 7 nitrogen and oxygen atoms in total. The smallest absolute Gasteiger partial charge is 0.275 e. The van der Waals surface area contributed by atoms with Gasteiger partial charge < -0.3 is 14.9 Å². The van der Waals surface area contributed by atoms with Crippen LogP contribution in [0.1, 0.15) is 5.56 Å². The molecule has 0 aromatic heterocycles. The van der Waals surface area contributed by atoms with Crippen molar-refractivity contribution in [3.8, 4) is 11.5 Å². The number of non-ortho nitro benzene ring substituents is 1. The van der Waals surface area contributed by atoms with Gasteiger partial charge in [-0.3, -0.25) is 16.0 Å². The molecule has 2 aromatic carbocycles. The quantitative estimate of drug-likeness (QED) is 0.482. The average molecular weight is 289 g/mol. The summed E-state index contributed by atoms with van der Waals surface area (Å²) in [5.74, 6) is 6.19. The minimum atomic E-state index is -0.505. The van der Waals surface area contributed by atoms with Gasteiger partial charge in [0.15, 0.2) is 0 Å². The van der Waals surface area contributed by atoms with Crippen molar-refractivity contribution in [2.75, 3.05) is 12.5 Å². The van der Waals surface area contributed by atoms with Crippen molar-refractivity contribution in [3.63, 3.8) is 0 Å². The topological polar surface area (TPSA) is 99.7 Å². The second-order valence-corrected chi connectivity index (χ2v) is 4.30. The molecule has 0 aliphatic carbocycles. The first-order valence-corrected chi connectivity index (χ1v) is 6.14. The van der Waals surface area contributed by atoms with Gasteiger partial charge in [0.05, 0.1) is 23.3 Å². The highest BCUT2D eigenvalue weighted by atomic mass is 16.6. The molecule has 0 heterocycles. The number of nitro groups is 1.